The van der Waals surface area contributed by atoms with E-state index in [4.69, 9.17) is 21.1 Å². The maximum atomic E-state index is 6.59. The zero-order valence-corrected chi connectivity index (χ0v) is 13.6. The van der Waals surface area contributed by atoms with E-state index in [1.165, 1.54) is 0 Å². The van der Waals surface area contributed by atoms with Crippen molar-refractivity contribution in [3.63, 3.8) is 0 Å². The van der Waals surface area contributed by atoms with Crippen LogP contribution in [0.2, 0.25) is 0 Å². The summed E-state index contributed by atoms with van der Waals surface area (Å²) in [7, 11) is 3.31. The molecule has 0 spiro atoms. The van der Waals surface area contributed by atoms with Crippen molar-refractivity contribution in [1.82, 2.24) is 0 Å². The largest absolute Gasteiger partial charge is 0.496 e. The second-order valence-corrected chi connectivity index (χ2v) is 5.53. The first-order valence-electron chi connectivity index (χ1n) is 6.14. The third-order valence-corrected chi connectivity index (χ3v) is 4.48. The molecule has 0 aromatic heterocycles. The summed E-state index contributed by atoms with van der Waals surface area (Å²) >= 11 is 10.0. The van der Waals surface area contributed by atoms with Gasteiger partial charge < -0.3 is 9.47 Å². The molecule has 0 fully saturated rings. The van der Waals surface area contributed by atoms with Crippen LogP contribution in [0.1, 0.15) is 37.6 Å². The molecule has 0 aliphatic carbocycles. The minimum Gasteiger partial charge on any atom is -0.496 e. The highest BCUT2D eigenvalue weighted by Crippen LogP contribution is 2.42. The lowest BCUT2D eigenvalue weighted by Gasteiger charge is -2.22. The Morgan fingerprint density at radius 3 is 2.11 bits per heavy atom. The zero-order chi connectivity index (χ0) is 13.7. The topological polar surface area (TPSA) is 18.5 Å². The summed E-state index contributed by atoms with van der Waals surface area (Å²) in [6, 6.07) is 3.87. The van der Waals surface area contributed by atoms with Crippen LogP contribution in [0.4, 0.5) is 0 Å². The molecule has 0 saturated heterocycles. The second kappa shape index (κ2) is 7.25. The molecule has 1 atom stereocenters. The first kappa shape index (κ1) is 15.6. The van der Waals surface area contributed by atoms with Crippen molar-refractivity contribution < 1.29 is 9.47 Å². The van der Waals surface area contributed by atoms with Crippen molar-refractivity contribution in [2.75, 3.05) is 14.2 Å². The molecule has 1 unspecified atom stereocenters. The summed E-state index contributed by atoms with van der Waals surface area (Å²) in [5.74, 6) is 2.02. The number of methoxy groups -OCH3 is 2. The predicted molar refractivity (Wildman–Crippen MR) is 79.9 cm³/mol. The van der Waals surface area contributed by atoms with Crippen molar-refractivity contribution in [2.45, 2.75) is 32.1 Å². The highest BCUT2D eigenvalue weighted by atomic mass is 79.9. The average Bonchev–Trinajstić information content (AvgIpc) is 2.39. The van der Waals surface area contributed by atoms with Gasteiger partial charge in [0.25, 0.3) is 0 Å². The van der Waals surface area contributed by atoms with Crippen molar-refractivity contribution in [3.8, 4) is 11.5 Å². The van der Waals surface area contributed by atoms with Crippen molar-refractivity contribution >= 4 is 27.5 Å². The summed E-state index contributed by atoms with van der Waals surface area (Å²) in [5, 5.41) is -0.0584. The molecular formula is C14H20BrClO2. The third-order valence-electron chi connectivity index (χ3n) is 3.26. The number of hydrogen-bond donors (Lipinski definition) is 0. The van der Waals surface area contributed by atoms with Gasteiger partial charge in [-0.15, -0.1) is 11.6 Å². The minimum atomic E-state index is -0.0584. The maximum Gasteiger partial charge on any atom is 0.133 e. The molecule has 1 aromatic carbocycles. The quantitative estimate of drug-likeness (QED) is 0.667. The third kappa shape index (κ3) is 3.33. The molecule has 1 rings (SSSR count). The van der Waals surface area contributed by atoms with E-state index < -0.39 is 0 Å². The molecule has 0 radical (unpaired) electrons. The Morgan fingerprint density at radius 2 is 1.67 bits per heavy atom. The standard InChI is InChI=1S/C14H20BrClO2/c1-5-9(6-2)14(16)10-7-13(18-4)11(15)8-12(10)17-3/h7-9,14H,5-6H2,1-4H3. The number of halogens is 2. The molecule has 0 aliphatic heterocycles. The molecule has 0 amide bonds. The Bertz CT molecular complexity index is 392. The van der Waals surface area contributed by atoms with E-state index in [1.54, 1.807) is 14.2 Å². The molecule has 2 nitrogen and oxygen atoms in total. The predicted octanol–water partition coefficient (Wildman–Crippen LogP) is 5.18. The highest BCUT2D eigenvalue weighted by molar-refractivity contribution is 9.10. The summed E-state index contributed by atoms with van der Waals surface area (Å²) in [4.78, 5) is 0. The number of hydrogen-bond acceptors (Lipinski definition) is 2. The average molecular weight is 336 g/mol. The SMILES string of the molecule is CCC(CC)C(Cl)c1cc(OC)c(Br)cc1OC. The minimum absolute atomic E-state index is 0.0584. The van der Waals surface area contributed by atoms with Crippen LogP contribution in [-0.2, 0) is 0 Å². The van der Waals surface area contributed by atoms with Crippen LogP contribution in [0.5, 0.6) is 11.5 Å². The Balaban J connectivity index is 3.20. The van der Waals surface area contributed by atoms with E-state index in [0.717, 1.165) is 34.4 Å². The summed E-state index contributed by atoms with van der Waals surface area (Å²) < 4.78 is 11.6. The maximum absolute atomic E-state index is 6.59. The van der Waals surface area contributed by atoms with Crippen LogP contribution < -0.4 is 9.47 Å². The van der Waals surface area contributed by atoms with Gasteiger partial charge in [-0.1, -0.05) is 26.7 Å². The van der Waals surface area contributed by atoms with Gasteiger partial charge in [-0.2, -0.15) is 0 Å². The van der Waals surface area contributed by atoms with Gasteiger partial charge in [0, 0.05) is 5.56 Å². The Kier molecular flexibility index (Phi) is 6.30. The molecule has 0 heterocycles. The fourth-order valence-electron chi connectivity index (χ4n) is 2.06. The Hall–Kier alpha value is -0.410. The smallest absolute Gasteiger partial charge is 0.133 e. The van der Waals surface area contributed by atoms with Gasteiger partial charge in [-0.25, -0.2) is 0 Å². The van der Waals surface area contributed by atoms with Crippen LogP contribution in [0.25, 0.3) is 0 Å². The van der Waals surface area contributed by atoms with E-state index in [2.05, 4.69) is 29.8 Å². The van der Waals surface area contributed by atoms with E-state index in [-0.39, 0.29) is 5.38 Å². The monoisotopic (exact) mass is 334 g/mol. The van der Waals surface area contributed by atoms with E-state index in [9.17, 15) is 0 Å². The number of rotatable bonds is 6. The zero-order valence-electron chi connectivity index (χ0n) is 11.3. The van der Waals surface area contributed by atoms with Gasteiger partial charge in [0.15, 0.2) is 0 Å². The molecule has 18 heavy (non-hydrogen) atoms. The van der Waals surface area contributed by atoms with Crippen molar-refractivity contribution in [1.29, 1.82) is 0 Å². The first-order valence-corrected chi connectivity index (χ1v) is 7.37. The number of benzene rings is 1. The molecular weight excluding hydrogens is 316 g/mol. The van der Waals surface area contributed by atoms with Gasteiger partial charge in [-0.05, 0) is 34.0 Å². The molecule has 0 N–H and O–H groups in total. The fraction of sp³-hybridized carbons (Fsp3) is 0.571. The van der Waals surface area contributed by atoms with E-state index >= 15 is 0 Å². The summed E-state index contributed by atoms with van der Waals surface area (Å²) in [6.45, 7) is 4.32. The lowest BCUT2D eigenvalue weighted by atomic mass is 9.93. The summed E-state index contributed by atoms with van der Waals surface area (Å²) in [6.07, 6.45) is 2.10. The molecule has 0 bridgehead atoms. The lowest BCUT2D eigenvalue weighted by molar-refractivity contribution is 0.387. The Labute approximate surface area is 123 Å². The number of ether oxygens (including phenoxy) is 2. The highest BCUT2D eigenvalue weighted by Gasteiger charge is 2.23. The molecule has 0 saturated carbocycles. The summed E-state index contributed by atoms with van der Waals surface area (Å²) in [5.41, 5.74) is 0.993. The molecule has 4 heteroatoms. The van der Waals surface area contributed by atoms with Crippen molar-refractivity contribution in [2.24, 2.45) is 5.92 Å². The van der Waals surface area contributed by atoms with Gasteiger partial charge in [0.2, 0.25) is 0 Å². The van der Waals surface area contributed by atoms with Gasteiger partial charge >= 0.3 is 0 Å². The van der Waals surface area contributed by atoms with Crippen LogP contribution in [-0.4, -0.2) is 14.2 Å². The van der Waals surface area contributed by atoms with Crippen molar-refractivity contribution in [3.05, 3.63) is 22.2 Å². The lowest BCUT2D eigenvalue weighted by Crippen LogP contribution is -2.08. The molecule has 0 aliphatic rings. The Morgan fingerprint density at radius 1 is 1.11 bits per heavy atom. The van der Waals surface area contributed by atoms with Crippen LogP contribution in [0.15, 0.2) is 16.6 Å². The normalized spacial score (nSPS) is 12.6. The van der Waals surface area contributed by atoms with Gasteiger partial charge in [0.05, 0.1) is 24.1 Å². The van der Waals surface area contributed by atoms with Crippen LogP contribution >= 0.6 is 27.5 Å². The van der Waals surface area contributed by atoms with Crippen LogP contribution in [0, 0.1) is 5.92 Å². The van der Waals surface area contributed by atoms with Crippen LogP contribution in [0.3, 0.4) is 0 Å². The molecule has 102 valence electrons. The van der Waals surface area contributed by atoms with E-state index in [1.807, 2.05) is 12.1 Å². The van der Waals surface area contributed by atoms with E-state index in [0.29, 0.717) is 5.92 Å². The second-order valence-electron chi connectivity index (χ2n) is 4.21. The van der Waals surface area contributed by atoms with Gasteiger partial charge in [-0.3, -0.25) is 0 Å². The number of alkyl halides is 1. The van der Waals surface area contributed by atoms with Gasteiger partial charge in [0.1, 0.15) is 11.5 Å². The first-order chi connectivity index (χ1) is 8.58. The molecule has 1 aromatic rings. The fourth-order valence-corrected chi connectivity index (χ4v) is 3.07.